The molecule has 0 aliphatic heterocycles. The van der Waals surface area contributed by atoms with E-state index in [1.165, 1.54) is 0 Å². The van der Waals surface area contributed by atoms with Crippen molar-refractivity contribution in [2.75, 3.05) is 13.6 Å². The predicted octanol–water partition coefficient (Wildman–Crippen LogP) is 2.00. The number of likely N-dealkylation sites (N-methyl/N-ethyl adjacent to an activating group) is 1. The first-order valence-corrected chi connectivity index (χ1v) is 3.43. The van der Waals surface area contributed by atoms with Crippen molar-refractivity contribution < 1.29 is 5.21 Å². The molecule has 62 valence electrons. The zero-order chi connectivity index (χ0) is 8.85. The van der Waals surface area contributed by atoms with E-state index in [2.05, 4.69) is 13.2 Å². The molecule has 1 N–H and O–H groups in total. The van der Waals surface area contributed by atoms with E-state index < -0.39 is 0 Å². The van der Waals surface area contributed by atoms with Gasteiger partial charge in [-0.05, 0) is 12.5 Å². The lowest BCUT2D eigenvalue weighted by molar-refractivity contribution is -0.0549. The van der Waals surface area contributed by atoms with E-state index in [1.807, 2.05) is 19.1 Å². The van der Waals surface area contributed by atoms with Crippen molar-refractivity contribution in [1.29, 1.82) is 0 Å². The second-order valence-electron chi connectivity index (χ2n) is 2.65. The van der Waals surface area contributed by atoms with Gasteiger partial charge < -0.3 is 5.21 Å². The second-order valence-corrected chi connectivity index (χ2v) is 2.65. The lowest BCUT2D eigenvalue weighted by Gasteiger charge is -2.06. The third-order valence-corrected chi connectivity index (χ3v) is 1.04. The quantitative estimate of drug-likeness (QED) is 0.493. The van der Waals surface area contributed by atoms with Gasteiger partial charge in [0.25, 0.3) is 0 Å². The lowest BCUT2D eigenvalue weighted by atomic mass is 10.2. The Morgan fingerprint density at radius 3 is 2.36 bits per heavy atom. The zero-order valence-electron chi connectivity index (χ0n) is 7.17. The largest absolute Gasteiger partial charge is 0.314 e. The monoisotopic (exact) mass is 153 g/mol. The molecule has 0 fully saturated rings. The minimum Gasteiger partial charge on any atom is -0.314 e. The molecule has 0 aromatic carbocycles. The van der Waals surface area contributed by atoms with Crippen molar-refractivity contribution in [3.05, 3.63) is 36.5 Å². The van der Waals surface area contributed by atoms with Gasteiger partial charge in [-0.3, -0.25) is 0 Å². The van der Waals surface area contributed by atoms with Crippen LogP contribution >= 0.6 is 0 Å². The molecular weight excluding hydrogens is 138 g/mol. The van der Waals surface area contributed by atoms with Crippen LogP contribution in [-0.2, 0) is 0 Å². The first-order chi connectivity index (χ1) is 5.02. The SMILES string of the molecule is C=C(C)/C=C\C(=C)CN(C)O. The molecule has 0 bridgehead atoms. The van der Waals surface area contributed by atoms with E-state index in [0.29, 0.717) is 6.54 Å². The molecule has 0 rings (SSSR count). The number of hydrogen-bond donors (Lipinski definition) is 1. The number of hydroxylamine groups is 2. The Morgan fingerprint density at radius 2 is 2.00 bits per heavy atom. The Bertz CT molecular complexity index is 180. The fraction of sp³-hybridized carbons (Fsp3) is 0.333. The highest BCUT2D eigenvalue weighted by molar-refractivity contribution is 5.23. The topological polar surface area (TPSA) is 23.5 Å². The molecule has 0 heterocycles. The van der Waals surface area contributed by atoms with Gasteiger partial charge in [-0.15, -0.1) is 0 Å². The van der Waals surface area contributed by atoms with E-state index in [-0.39, 0.29) is 0 Å². The number of rotatable bonds is 4. The van der Waals surface area contributed by atoms with Gasteiger partial charge in [0.2, 0.25) is 0 Å². The standard InChI is InChI=1S/C9H15NO/c1-8(2)5-6-9(3)7-10(4)11/h5-6,11H,1,3,7H2,2,4H3/b6-5-. The Hall–Kier alpha value is -0.860. The van der Waals surface area contributed by atoms with Crippen LogP contribution in [0.2, 0.25) is 0 Å². The molecule has 0 saturated heterocycles. The van der Waals surface area contributed by atoms with Crippen molar-refractivity contribution in [3.8, 4) is 0 Å². The van der Waals surface area contributed by atoms with Crippen molar-refractivity contribution in [1.82, 2.24) is 5.06 Å². The van der Waals surface area contributed by atoms with Gasteiger partial charge >= 0.3 is 0 Å². The molecule has 0 aliphatic carbocycles. The summed E-state index contributed by atoms with van der Waals surface area (Å²) in [5.41, 5.74) is 1.84. The summed E-state index contributed by atoms with van der Waals surface area (Å²) >= 11 is 0. The third-order valence-electron chi connectivity index (χ3n) is 1.04. The van der Waals surface area contributed by atoms with Crippen LogP contribution in [0.25, 0.3) is 0 Å². The number of hydrogen-bond acceptors (Lipinski definition) is 2. The van der Waals surface area contributed by atoms with E-state index in [4.69, 9.17) is 5.21 Å². The van der Waals surface area contributed by atoms with Crippen molar-refractivity contribution in [2.45, 2.75) is 6.92 Å². The third kappa shape index (κ3) is 7.03. The van der Waals surface area contributed by atoms with Crippen molar-refractivity contribution in [3.63, 3.8) is 0 Å². The van der Waals surface area contributed by atoms with E-state index in [9.17, 15) is 0 Å². The van der Waals surface area contributed by atoms with Crippen LogP contribution in [0.3, 0.4) is 0 Å². The minimum atomic E-state index is 0.462. The van der Waals surface area contributed by atoms with Crippen LogP contribution in [0.15, 0.2) is 36.5 Å². The molecule has 0 aromatic heterocycles. The molecule has 0 atom stereocenters. The van der Waals surface area contributed by atoms with Gasteiger partial charge in [0, 0.05) is 13.6 Å². The maximum absolute atomic E-state index is 8.80. The summed E-state index contributed by atoms with van der Waals surface area (Å²) in [7, 11) is 1.58. The number of nitrogens with zero attached hydrogens (tertiary/aromatic N) is 1. The predicted molar refractivity (Wildman–Crippen MR) is 47.5 cm³/mol. The molecule has 0 spiro atoms. The highest BCUT2D eigenvalue weighted by atomic mass is 16.5. The lowest BCUT2D eigenvalue weighted by Crippen LogP contribution is -2.14. The highest BCUT2D eigenvalue weighted by Crippen LogP contribution is 1.97. The smallest absolute Gasteiger partial charge is 0.0479 e. The molecule has 0 unspecified atom stereocenters. The van der Waals surface area contributed by atoms with Crippen molar-refractivity contribution >= 4 is 0 Å². The van der Waals surface area contributed by atoms with Gasteiger partial charge in [-0.2, -0.15) is 5.06 Å². The van der Waals surface area contributed by atoms with Crippen LogP contribution in [0.1, 0.15) is 6.92 Å². The van der Waals surface area contributed by atoms with Crippen LogP contribution in [0, 0.1) is 0 Å². The average Bonchev–Trinajstić information content (AvgIpc) is 1.82. The van der Waals surface area contributed by atoms with E-state index >= 15 is 0 Å². The molecule has 2 nitrogen and oxygen atoms in total. The van der Waals surface area contributed by atoms with Gasteiger partial charge in [0.05, 0.1) is 0 Å². The van der Waals surface area contributed by atoms with Crippen LogP contribution in [-0.4, -0.2) is 23.9 Å². The fourth-order valence-corrected chi connectivity index (χ4v) is 0.607. The van der Waals surface area contributed by atoms with Gasteiger partial charge in [-0.1, -0.05) is 30.9 Å². The summed E-state index contributed by atoms with van der Waals surface area (Å²) in [6.07, 6.45) is 3.71. The summed E-state index contributed by atoms with van der Waals surface area (Å²) in [4.78, 5) is 0. The summed E-state index contributed by atoms with van der Waals surface area (Å²) < 4.78 is 0. The summed E-state index contributed by atoms with van der Waals surface area (Å²) in [6.45, 7) is 9.81. The minimum absolute atomic E-state index is 0.462. The Balaban J connectivity index is 3.78. The normalized spacial score (nSPS) is 10.9. The van der Waals surface area contributed by atoms with Gasteiger partial charge in [0.1, 0.15) is 0 Å². The van der Waals surface area contributed by atoms with Gasteiger partial charge in [-0.25, -0.2) is 0 Å². The molecule has 0 saturated carbocycles. The molecular formula is C9H15NO. The van der Waals surface area contributed by atoms with Crippen LogP contribution in [0.5, 0.6) is 0 Å². The molecule has 0 radical (unpaired) electrons. The fourth-order valence-electron chi connectivity index (χ4n) is 0.607. The van der Waals surface area contributed by atoms with Crippen molar-refractivity contribution in [2.24, 2.45) is 0 Å². The van der Waals surface area contributed by atoms with E-state index in [1.54, 1.807) is 7.05 Å². The highest BCUT2D eigenvalue weighted by Gasteiger charge is 1.91. The molecule has 0 aromatic rings. The summed E-state index contributed by atoms with van der Waals surface area (Å²) in [6, 6.07) is 0. The zero-order valence-corrected chi connectivity index (χ0v) is 7.17. The van der Waals surface area contributed by atoms with Gasteiger partial charge in [0.15, 0.2) is 0 Å². The maximum Gasteiger partial charge on any atom is 0.0479 e. The van der Waals surface area contributed by atoms with Crippen LogP contribution in [0.4, 0.5) is 0 Å². The first kappa shape index (κ1) is 10.1. The second kappa shape index (κ2) is 4.88. The summed E-state index contributed by atoms with van der Waals surface area (Å²) in [5, 5.41) is 9.89. The Labute approximate surface area is 68.1 Å². The van der Waals surface area contributed by atoms with Crippen LogP contribution < -0.4 is 0 Å². The Morgan fingerprint density at radius 1 is 1.45 bits per heavy atom. The first-order valence-electron chi connectivity index (χ1n) is 3.43. The Kier molecular flexibility index (Phi) is 4.50. The molecule has 2 heteroatoms. The molecule has 11 heavy (non-hydrogen) atoms. The maximum atomic E-state index is 8.80. The molecule has 0 aliphatic rings. The van der Waals surface area contributed by atoms with E-state index in [0.717, 1.165) is 16.2 Å². The number of allylic oxidation sites excluding steroid dienone is 2. The summed E-state index contributed by atoms with van der Waals surface area (Å²) in [5.74, 6) is 0. The average molecular weight is 153 g/mol. The molecule has 0 amide bonds.